The molecule has 0 saturated carbocycles. The van der Waals surface area contributed by atoms with E-state index in [1.807, 2.05) is 0 Å². The van der Waals surface area contributed by atoms with Gasteiger partial charge in [-0.1, -0.05) is 24.8 Å². The molecule has 11 heteroatoms. The second-order valence-electron chi connectivity index (χ2n) is 6.27. The molecule has 2 aromatic carbocycles. The number of nitrogens with zero attached hydrogens (tertiary/aromatic N) is 3. The van der Waals surface area contributed by atoms with Crippen molar-refractivity contribution in [1.29, 1.82) is 0 Å². The normalized spacial score (nSPS) is 11.2. The van der Waals surface area contributed by atoms with Gasteiger partial charge < -0.3 is 10.6 Å². The van der Waals surface area contributed by atoms with E-state index in [2.05, 4.69) is 37.7 Å². The smallest absolute Gasteiger partial charge is 0.339 e. The van der Waals surface area contributed by atoms with Crippen molar-refractivity contribution in [2.24, 2.45) is 5.10 Å². The van der Waals surface area contributed by atoms with E-state index in [1.165, 1.54) is 42.6 Å². The maximum Gasteiger partial charge on any atom is 0.421 e. The molecule has 1 amide bonds. The molecule has 3 rings (SSSR count). The van der Waals surface area contributed by atoms with E-state index in [-0.39, 0.29) is 11.6 Å². The molecule has 3 aromatic rings. The number of amides is 1. The number of rotatable bonds is 7. The van der Waals surface area contributed by atoms with Crippen molar-refractivity contribution in [3.8, 4) is 0 Å². The highest BCUT2D eigenvalue weighted by atomic mass is 19.4. The molecule has 0 bridgehead atoms. The van der Waals surface area contributed by atoms with Crippen LogP contribution in [-0.2, 0) is 11.0 Å². The number of anilines is 4. The third-order valence-electron chi connectivity index (χ3n) is 3.92. The van der Waals surface area contributed by atoms with E-state index < -0.39 is 29.3 Å². The fraction of sp³-hybridized carbons (Fsp3) is 0.0476. The Morgan fingerprint density at radius 2 is 1.81 bits per heavy atom. The first-order chi connectivity index (χ1) is 15.2. The molecule has 0 saturated heterocycles. The van der Waals surface area contributed by atoms with Gasteiger partial charge in [-0.05, 0) is 42.0 Å². The lowest BCUT2D eigenvalue weighted by molar-refractivity contribution is -0.137. The number of hydrogen-bond donors (Lipinski definition) is 3. The van der Waals surface area contributed by atoms with E-state index in [4.69, 9.17) is 0 Å². The molecule has 0 fully saturated rings. The Bertz CT molecular complexity index is 1150. The van der Waals surface area contributed by atoms with E-state index in [0.717, 1.165) is 6.08 Å². The van der Waals surface area contributed by atoms with Crippen LogP contribution < -0.4 is 16.1 Å². The summed E-state index contributed by atoms with van der Waals surface area (Å²) in [5.41, 5.74) is 2.50. The summed E-state index contributed by atoms with van der Waals surface area (Å²) in [4.78, 5) is 18.9. The lowest BCUT2D eigenvalue weighted by atomic mass is 10.2. The minimum absolute atomic E-state index is 0.199. The Labute approximate surface area is 179 Å². The first-order valence-electron chi connectivity index (χ1n) is 9.04. The summed E-state index contributed by atoms with van der Waals surface area (Å²) >= 11 is 0. The van der Waals surface area contributed by atoms with Gasteiger partial charge in [-0.15, -0.1) is 0 Å². The van der Waals surface area contributed by atoms with Crippen molar-refractivity contribution >= 4 is 35.3 Å². The van der Waals surface area contributed by atoms with Gasteiger partial charge >= 0.3 is 6.18 Å². The average Bonchev–Trinajstić information content (AvgIpc) is 2.74. The van der Waals surface area contributed by atoms with E-state index in [0.29, 0.717) is 17.4 Å². The number of hydrogen-bond acceptors (Lipinski definition) is 6. The van der Waals surface area contributed by atoms with Crippen molar-refractivity contribution in [1.82, 2.24) is 9.97 Å². The summed E-state index contributed by atoms with van der Waals surface area (Å²) in [6.45, 7) is 3.34. The predicted molar refractivity (Wildman–Crippen MR) is 113 cm³/mol. The number of halogens is 4. The van der Waals surface area contributed by atoms with Gasteiger partial charge in [0.05, 0.1) is 6.21 Å². The SMILES string of the molecule is C=CC(=O)Nc1cccc(Nc2nc(N/N=C/c3ccc(F)cc3)ncc2C(F)(F)F)c1. The predicted octanol–water partition coefficient (Wildman–Crippen LogP) is 4.95. The van der Waals surface area contributed by atoms with Crippen molar-refractivity contribution in [2.45, 2.75) is 6.18 Å². The van der Waals surface area contributed by atoms with Gasteiger partial charge in [0, 0.05) is 17.6 Å². The van der Waals surface area contributed by atoms with Crippen LogP contribution in [0.2, 0.25) is 0 Å². The van der Waals surface area contributed by atoms with E-state index in [9.17, 15) is 22.4 Å². The highest BCUT2D eigenvalue weighted by Gasteiger charge is 2.35. The molecule has 0 spiro atoms. The number of carbonyl (C=O) groups is 1. The maximum atomic E-state index is 13.4. The largest absolute Gasteiger partial charge is 0.421 e. The Morgan fingerprint density at radius 1 is 1.09 bits per heavy atom. The zero-order valence-electron chi connectivity index (χ0n) is 16.3. The Morgan fingerprint density at radius 3 is 2.50 bits per heavy atom. The lowest BCUT2D eigenvalue weighted by Gasteiger charge is -2.14. The summed E-state index contributed by atoms with van der Waals surface area (Å²) < 4.78 is 53.2. The molecule has 0 aliphatic heterocycles. The third kappa shape index (κ3) is 6.11. The number of hydrazone groups is 1. The average molecular weight is 444 g/mol. The Hall–Kier alpha value is -4.28. The number of benzene rings is 2. The highest BCUT2D eigenvalue weighted by Crippen LogP contribution is 2.35. The molecule has 0 unspecified atom stereocenters. The third-order valence-corrected chi connectivity index (χ3v) is 3.92. The minimum atomic E-state index is -4.72. The van der Waals surface area contributed by atoms with Crippen LogP contribution in [0.25, 0.3) is 0 Å². The molecule has 0 aliphatic rings. The zero-order chi connectivity index (χ0) is 23.1. The van der Waals surface area contributed by atoms with E-state index >= 15 is 0 Å². The monoisotopic (exact) mass is 444 g/mol. The number of aromatic nitrogens is 2. The summed E-state index contributed by atoms with van der Waals surface area (Å²) in [5.74, 6) is -1.59. The summed E-state index contributed by atoms with van der Waals surface area (Å²) in [5, 5.41) is 8.95. The van der Waals surface area contributed by atoms with Gasteiger partial charge in [0.2, 0.25) is 11.9 Å². The molecular weight excluding hydrogens is 428 g/mol. The maximum absolute atomic E-state index is 13.4. The molecule has 0 aliphatic carbocycles. The first kappa shape index (κ1) is 22.4. The number of alkyl halides is 3. The van der Waals surface area contributed by atoms with Gasteiger partial charge in [0.15, 0.2) is 0 Å². The van der Waals surface area contributed by atoms with Gasteiger partial charge in [0.1, 0.15) is 17.2 Å². The van der Waals surface area contributed by atoms with Gasteiger partial charge in [-0.25, -0.2) is 14.8 Å². The summed E-state index contributed by atoms with van der Waals surface area (Å²) in [6.07, 6.45) is -1.70. The van der Waals surface area contributed by atoms with Crippen LogP contribution in [0.5, 0.6) is 0 Å². The standard InChI is InChI=1S/C21H16F4N6O/c1-2-18(32)28-15-4-3-5-16(10-15)29-19-17(21(23,24)25)12-26-20(30-19)31-27-11-13-6-8-14(22)9-7-13/h2-12H,1H2,(H,28,32)(H2,26,29,30,31)/b27-11+. The second kappa shape index (κ2) is 9.69. The molecule has 1 heterocycles. The molecule has 1 aromatic heterocycles. The molecule has 7 nitrogen and oxygen atoms in total. The van der Waals surface area contributed by atoms with Crippen LogP contribution >= 0.6 is 0 Å². The van der Waals surface area contributed by atoms with Crippen LogP contribution in [0.3, 0.4) is 0 Å². The molecule has 164 valence electrons. The van der Waals surface area contributed by atoms with Crippen LogP contribution in [0.1, 0.15) is 11.1 Å². The van der Waals surface area contributed by atoms with Crippen LogP contribution in [0, 0.1) is 5.82 Å². The van der Waals surface area contributed by atoms with Gasteiger partial charge in [0.25, 0.3) is 0 Å². The van der Waals surface area contributed by atoms with Crippen molar-refractivity contribution < 1.29 is 22.4 Å². The topological polar surface area (TPSA) is 91.3 Å². The Kier molecular flexibility index (Phi) is 6.78. The van der Waals surface area contributed by atoms with Crippen LogP contribution in [0.4, 0.5) is 40.7 Å². The van der Waals surface area contributed by atoms with Gasteiger partial charge in [-0.2, -0.15) is 23.3 Å². The second-order valence-corrected chi connectivity index (χ2v) is 6.27. The highest BCUT2D eigenvalue weighted by molar-refractivity contribution is 5.99. The Balaban J connectivity index is 1.83. The first-order valence-corrected chi connectivity index (χ1v) is 9.04. The molecule has 0 radical (unpaired) electrons. The quantitative estimate of drug-likeness (QED) is 0.208. The molecular formula is C21H16F4N6O. The lowest BCUT2D eigenvalue weighted by Crippen LogP contribution is -2.13. The van der Waals surface area contributed by atoms with Crippen molar-refractivity contribution in [3.63, 3.8) is 0 Å². The number of carbonyl (C=O) groups excluding carboxylic acids is 1. The van der Waals surface area contributed by atoms with Crippen LogP contribution in [0.15, 0.2) is 72.5 Å². The number of nitrogens with one attached hydrogen (secondary N) is 3. The van der Waals surface area contributed by atoms with Gasteiger partial charge in [-0.3, -0.25) is 4.79 Å². The van der Waals surface area contributed by atoms with Crippen molar-refractivity contribution in [2.75, 3.05) is 16.1 Å². The van der Waals surface area contributed by atoms with E-state index in [1.54, 1.807) is 12.1 Å². The fourth-order valence-electron chi connectivity index (χ4n) is 2.46. The van der Waals surface area contributed by atoms with Crippen molar-refractivity contribution in [3.05, 3.63) is 84.3 Å². The van der Waals surface area contributed by atoms with Crippen LogP contribution in [-0.4, -0.2) is 22.1 Å². The minimum Gasteiger partial charge on any atom is -0.339 e. The molecule has 3 N–H and O–H groups in total. The summed E-state index contributed by atoms with van der Waals surface area (Å²) in [6, 6.07) is 11.5. The molecule has 0 atom stereocenters. The zero-order valence-corrected chi connectivity index (χ0v) is 16.3. The summed E-state index contributed by atoms with van der Waals surface area (Å²) in [7, 11) is 0. The fourth-order valence-corrected chi connectivity index (χ4v) is 2.46. The molecule has 32 heavy (non-hydrogen) atoms.